The van der Waals surface area contributed by atoms with Crippen molar-refractivity contribution in [3.05, 3.63) is 71.2 Å². The topological polar surface area (TPSA) is 25.2 Å². The number of hydrogen-bond donors (Lipinski definition) is 1. The first kappa shape index (κ1) is 14.0. The highest BCUT2D eigenvalue weighted by Gasteiger charge is 2.10. The summed E-state index contributed by atoms with van der Waals surface area (Å²) in [6.45, 7) is 2.71. The van der Waals surface area contributed by atoms with Gasteiger partial charge in [-0.15, -0.1) is 11.3 Å². The third kappa shape index (κ3) is 3.23. The largest absolute Gasteiger partial charge is 0.468 e. The van der Waals surface area contributed by atoms with Crippen molar-refractivity contribution in [1.82, 2.24) is 5.32 Å². The molecule has 1 aromatic carbocycles. The summed E-state index contributed by atoms with van der Waals surface area (Å²) in [5, 5.41) is 5.34. The smallest absolute Gasteiger partial charge is 0.131 e. The molecule has 0 aliphatic heterocycles. The number of furan rings is 1. The lowest BCUT2D eigenvalue weighted by atomic mass is 10.1. The normalized spacial score (nSPS) is 12.5. The average molecular weight is 301 g/mol. The van der Waals surface area contributed by atoms with Gasteiger partial charge >= 0.3 is 0 Å². The molecule has 0 radical (unpaired) electrons. The third-order valence-corrected chi connectivity index (χ3v) is 4.30. The van der Waals surface area contributed by atoms with Gasteiger partial charge in [0.25, 0.3) is 0 Å². The number of benzene rings is 1. The van der Waals surface area contributed by atoms with Gasteiger partial charge < -0.3 is 9.73 Å². The van der Waals surface area contributed by atoms with Gasteiger partial charge in [-0.05, 0) is 48.2 Å². The molecule has 0 saturated carbocycles. The van der Waals surface area contributed by atoms with E-state index in [4.69, 9.17) is 4.42 Å². The molecule has 2 aromatic heterocycles. The molecule has 3 rings (SSSR count). The highest BCUT2D eigenvalue weighted by Crippen LogP contribution is 2.28. The number of hydrogen-bond acceptors (Lipinski definition) is 3. The molecule has 0 aliphatic rings. The maximum absolute atomic E-state index is 13.9. The lowest BCUT2D eigenvalue weighted by Crippen LogP contribution is -2.17. The molecule has 2 nitrogen and oxygen atoms in total. The van der Waals surface area contributed by atoms with Gasteiger partial charge in [-0.25, -0.2) is 4.39 Å². The van der Waals surface area contributed by atoms with E-state index in [1.807, 2.05) is 48.7 Å². The Hall–Kier alpha value is -1.91. The molecule has 0 bridgehead atoms. The van der Waals surface area contributed by atoms with E-state index < -0.39 is 0 Å². The fourth-order valence-corrected chi connectivity index (χ4v) is 2.96. The summed E-state index contributed by atoms with van der Waals surface area (Å²) in [6, 6.07) is 13.1. The van der Waals surface area contributed by atoms with Crippen molar-refractivity contribution >= 4 is 11.3 Å². The first-order chi connectivity index (χ1) is 10.2. The van der Waals surface area contributed by atoms with Crippen LogP contribution >= 0.6 is 11.3 Å². The quantitative estimate of drug-likeness (QED) is 0.717. The highest BCUT2D eigenvalue weighted by atomic mass is 32.1. The number of rotatable bonds is 5. The van der Waals surface area contributed by atoms with Crippen molar-refractivity contribution in [3.8, 4) is 10.4 Å². The number of thiophene rings is 1. The van der Waals surface area contributed by atoms with Crippen molar-refractivity contribution in [2.75, 3.05) is 0 Å². The summed E-state index contributed by atoms with van der Waals surface area (Å²) < 4.78 is 19.3. The standard InChI is InChI=1S/C17H16FNOS/c1-12(16-4-2-8-20-16)19-11-13-6-7-15(18)14(10-13)17-5-3-9-21-17/h2-10,12,19H,11H2,1H3. The third-order valence-electron chi connectivity index (χ3n) is 3.40. The van der Waals surface area contributed by atoms with Crippen molar-refractivity contribution in [2.45, 2.75) is 19.5 Å². The number of halogens is 1. The van der Waals surface area contributed by atoms with Gasteiger partial charge in [0, 0.05) is 17.0 Å². The van der Waals surface area contributed by atoms with E-state index in [1.165, 1.54) is 6.07 Å². The molecule has 0 amide bonds. The van der Waals surface area contributed by atoms with Crippen molar-refractivity contribution < 1.29 is 8.81 Å². The summed E-state index contributed by atoms with van der Waals surface area (Å²) in [5.41, 5.74) is 1.72. The second-order valence-electron chi connectivity index (χ2n) is 4.91. The summed E-state index contributed by atoms with van der Waals surface area (Å²) in [6.07, 6.45) is 1.67. The van der Waals surface area contributed by atoms with Gasteiger partial charge in [0.15, 0.2) is 0 Å². The minimum atomic E-state index is -0.180. The SMILES string of the molecule is CC(NCc1ccc(F)c(-c2cccs2)c1)c1ccco1. The Kier molecular flexibility index (Phi) is 4.18. The fraction of sp³-hybridized carbons (Fsp3) is 0.176. The molecule has 1 atom stereocenters. The van der Waals surface area contributed by atoms with Crippen LogP contribution in [0.25, 0.3) is 10.4 Å². The van der Waals surface area contributed by atoms with Gasteiger partial charge in [0.05, 0.1) is 12.3 Å². The molecule has 0 spiro atoms. The molecule has 3 aromatic rings. The Morgan fingerprint density at radius 3 is 2.86 bits per heavy atom. The lowest BCUT2D eigenvalue weighted by Gasteiger charge is -2.12. The van der Waals surface area contributed by atoms with E-state index in [9.17, 15) is 4.39 Å². The lowest BCUT2D eigenvalue weighted by molar-refractivity contribution is 0.430. The van der Waals surface area contributed by atoms with Crippen LogP contribution in [0.4, 0.5) is 4.39 Å². The summed E-state index contributed by atoms with van der Waals surface area (Å²) >= 11 is 1.55. The first-order valence-electron chi connectivity index (χ1n) is 6.83. The molecular weight excluding hydrogens is 285 g/mol. The molecule has 4 heteroatoms. The predicted octanol–water partition coefficient (Wildman–Crippen LogP) is 5.00. The van der Waals surface area contributed by atoms with Crippen LogP contribution in [0.15, 0.2) is 58.5 Å². The molecule has 1 unspecified atom stereocenters. The second kappa shape index (κ2) is 6.24. The van der Waals surface area contributed by atoms with Crippen molar-refractivity contribution in [2.24, 2.45) is 0 Å². The monoisotopic (exact) mass is 301 g/mol. The molecule has 108 valence electrons. The molecular formula is C17H16FNOS. The van der Waals surface area contributed by atoms with Crippen molar-refractivity contribution in [3.63, 3.8) is 0 Å². The van der Waals surface area contributed by atoms with Gasteiger partial charge in [0.2, 0.25) is 0 Å². The van der Waals surface area contributed by atoms with E-state index in [2.05, 4.69) is 5.32 Å². The van der Waals surface area contributed by atoms with E-state index in [0.29, 0.717) is 12.1 Å². The Bertz CT molecular complexity index is 692. The summed E-state index contributed by atoms with van der Waals surface area (Å²) in [5.74, 6) is 0.718. The highest BCUT2D eigenvalue weighted by molar-refractivity contribution is 7.13. The molecule has 0 fully saturated rings. The summed E-state index contributed by atoms with van der Waals surface area (Å²) in [7, 11) is 0. The minimum Gasteiger partial charge on any atom is -0.468 e. The van der Waals surface area contributed by atoms with Crippen molar-refractivity contribution in [1.29, 1.82) is 0 Å². The Morgan fingerprint density at radius 1 is 1.24 bits per heavy atom. The predicted molar refractivity (Wildman–Crippen MR) is 83.7 cm³/mol. The van der Waals surface area contributed by atoms with E-state index >= 15 is 0 Å². The van der Waals surface area contributed by atoms with Crippen LogP contribution in [-0.4, -0.2) is 0 Å². The molecule has 2 heterocycles. The molecule has 0 saturated heterocycles. The summed E-state index contributed by atoms with van der Waals surface area (Å²) in [4.78, 5) is 0.952. The average Bonchev–Trinajstić information content (AvgIpc) is 3.19. The van der Waals surface area contributed by atoms with Crippen LogP contribution in [0.2, 0.25) is 0 Å². The van der Waals surface area contributed by atoms with Crippen LogP contribution in [0.3, 0.4) is 0 Å². The van der Waals surface area contributed by atoms with Gasteiger partial charge in [-0.2, -0.15) is 0 Å². The van der Waals surface area contributed by atoms with Crippen LogP contribution in [-0.2, 0) is 6.54 Å². The Labute approximate surface area is 127 Å². The maximum atomic E-state index is 13.9. The molecule has 1 N–H and O–H groups in total. The Morgan fingerprint density at radius 2 is 2.14 bits per heavy atom. The molecule has 0 aliphatic carbocycles. The molecule has 21 heavy (non-hydrogen) atoms. The van der Waals surface area contributed by atoms with E-state index in [1.54, 1.807) is 17.6 Å². The zero-order valence-corrected chi connectivity index (χ0v) is 12.5. The first-order valence-corrected chi connectivity index (χ1v) is 7.71. The fourth-order valence-electron chi connectivity index (χ4n) is 2.21. The number of nitrogens with one attached hydrogen (secondary N) is 1. The van der Waals surface area contributed by atoms with Crippen LogP contribution in [0.1, 0.15) is 24.3 Å². The van der Waals surface area contributed by atoms with E-state index in [0.717, 1.165) is 16.2 Å². The van der Waals surface area contributed by atoms with Crippen LogP contribution < -0.4 is 5.32 Å². The Balaban J connectivity index is 1.73. The maximum Gasteiger partial charge on any atom is 0.131 e. The second-order valence-corrected chi connectivity index (χ2v) is 5.86. The van der Waals surface area contributed by atoms with Gasteiger partial charge in [0.1, 0.15) is 11.6 Å². The van der Waals surface area contributed by atoms with Gasteiger partial charge in [-0.1, -0.05) is 12.1 Å². The van der Waals surface area contributed by atoms with Crippen LogP contribution in [0.5, 0.6) is 0 Å². The van der Waals surface area contributed by atoms with E-state index in [-0.39, 0.29) is 11.9 Å². The zero-order valence-electron chi connectivity index (χ0n) is 11.7. The van der Waals surface area contributed by atoms with Crippen LogP contribution in [0, 0.1) is 5.82 Å². The zero-order chi connectivity index (χ0) is 14.7. The van der Waals surface area contributed by atoms with Gasteiger partial charge in [-0.3, -0.25) is 0 Å². The minimum absolute atomic E-state index is 0.121.